The van der Waals surface area contributed by atoms with Gasteiger partial charge in [0.2, 0.25) is 0 Å². The summed E-state index contributed by atoms with van der Waals surface area (Å²) < 4.78 is 5.67. The summed E-state index contributed by atoms with van der Waals surface area (Å²) in [7, 11) is 0. The van der Waals surface area contributed by atoms with Crippen molar-refractivity contribution in [1.29, 1.82) is 0 Å². The Morgan fingerprint density at radius 1 is 1.19 bits per heavy atom. The van der Waals surface area contributed by atoms with Gasteiger partial charge in [0.15, 0.2) is 0 Å². The number of ether oxygens (including phenoxy) is 1. The maximum absolute atomic E-state index is 11.8. The summed E-state index contributed by atoms with van der Waals surface area (Å²) >= 11 is 11.9. The van der Waals surface area contributed by atoms with E-state index in [1.165, 1.54) is 0 Å². The molecule has 3 nitrogen and oxygen atoms in total. The van der Waals surface area contributed by atoms with Gasteiger partial charge in [-0.3, -0.25) is 4.79 Å². The third kappa shape index (κ3) is 4.38. The Balaban J connectivity index is 2.06. The second kappa shape index (κ2) is 7.34. The van der Waals surface area contributed by atoms with Gasteiger partial charge in [0.1, 0.15) is 12.4 Å². The van der Waals surface area contributed by atoms with Crippen LogP contribution in [-0.2, 0) is 6.61 Å². The van der Waals surface area contributed by atoms with Crippen LogP contribution in [0, 0.1) is 0 Å². The minimum Gasteiger partial charge on any atom is -0.489 e. The van der Waals surface area contributed by atoms with Crippen LogP contribution in [0.4, 0.5) is 0 Å². The minimum atomic E-state index is -0.118. The van der Waals surface area contributed by atoms with Gasteiger partial charge in [-0.05, 0) is 37.3 Å². The molecule has 0 aromatic heterocycles. The SMILES string of the molecule is CCNC(=O)c1cccc(OCc2ccc(Cl)cc2Cl)c1. The van der Waals surface area contributed by atoms with Gasteiger partial charge in [0, 0.05) is 27.7 Å². The van der Waals surface area contributed by atoms with Crippen LogP contribution in [0.15, 0.2) is 42.5 Å². The number of amides is 1. The highest BCUT2D eigenvalue weighted by Crippen LogP contribution is 2.23. The van der Waals surface area contributed by atoms with Gasteiger partial charge in [-0.1, -0.05) is 35.3 Å². The molecule has 2 aromatic rings. The second-order valence-electron chi connectivity index (χ2n) is 4.41. The standard InChI is InChI=1S/C16H15Cl2NO2/c1-2-19-16(20)11-4-3-5-14(8-11)21-10-12-6-7-13(17)9-15(12)18/h3-9H,2,10H2,1H3,(H,19,20). The molecular weight excluding hydrogens is 309 g/mol. The van der Waals surface area contributed by atoms with Crippen molar-refractivity contribution in [3.63, 3.8) is 0 Å². The lowest BCUT2D eigenvalue weighted by atomic mass is 10.2. The molecule has 0 heterocycles. The van der Waals surface area contributed by atoms with Crippen LogP contribution in [-0.4, -0.2) is 12.5 Å². The van der Waals surface area contributed by atoms with Crippen molar-refractivity contribution < 1.29 is 9.53 Å². The molecule has 5 heteroatoms. The smallest absolute Gasteiger partial charge is 0.251 e. The summed E-state index contributed by atoms with van der Waals surface area (Å²) in [4.78, 5) is 11.8. The van der Waals surface area contributed by atoms with Crippen LogP contribution in [0.3, 0.4) is 0 Å². The number of carbonyl (C=O) groups excluding carboxylic acids is 1. The number of hydrogen-bond acceptors (Lipinski definition) is 2. The van der Waals surface area contributed by atoms with E-state index in [4.69, 9.17) is 27.9 Å². The Labute approximate surface area is 133 Å². The molecule has 0 aliphatic rings. The van der Waals surface area contributed by atoms with E-state index in [9.17, 15) is 4.79 Å². The van der Waals surface area contributed by atoms with Crippen molar-refractivity contribution in [3.05, 3.63) is 63.6 Å². The first-order valence-corrected chi connectivity index (χ1v) is 7.30. The quantitative estimate of drug-likeness (QED) is 0.889. The molecule has 0 atom stereocenters. The average Bonchev–Trinajstić information content (AvgIpc) is 2.47. The fourth-order valence-corrected chi connectivity index (χ4v) is 2.25. The van der Waals surface area contributed by atoms with Crippen molar-refractivity contribution in [2.45, 2.75) is 13.5 Å². The summed E-state index contributed by atoms with van der Waals surface area (Å²) in [6.07, 6.45) is 0. The van der Waals surface area contributed by atoms with Gasteiger partial charge in [-0.25, -0.2) is 0 Å². The average molecular weight is 324 g/mol. The molecule has 0 bridgehead atoms. The zero-order valence-electron chi connectivity index (χ0n) is 11.5. The van der Waals surface area contributed by atoms with Crippen LogP contribution in [0.2, 0.25) is 10.0 Å². The fraction of sp³-hybridized carbons (Fsp3) is 0.188. The predicted octanol–water partition coefficient (Wildman–Crippen LogP) is 4.32. The summed E-state index contributed by atoms with van der Waals surface area (Å²) in [6.45, 7) is 2.78. The molecule has 0 saturated carbocycles. The summed E-state index contributed by atoms with van der Waals surface area (Å²) in [6, 6.07) is 12.3. The van der Waals surface area contributed by atoms with Gasteiger partial charge in [0.25, 0.3) is 5.91 Å². The number of halogens is 2. The first kappa shape index (κ1) is 15.7. The van der Waals surface area contributed by atoms with E-state index in [1.54, 1.807) is 36.4 Å². The van der Waals surface area contributed by atoms with E-state index in [0.717, 1.165) is 5.56 Å². The Morgan fingerprint density at radius 2 is 2.00 bits per heavy atom. The van der Waals surface area contributed by atoms with Gasteiger partial charge < -0.3 is 10.1 Å². The molecule has 0 unspecified atom stereocenters. The van der Waals surface area contributed by atoms with E-state index in [-0.39, 0.29) is 5.91 Å². The van der Waals surface area contributed by atoms with E-state index in [1.807, 2.05) is 13.0 Å². The van der Waals surface area contributed by atoms with Crippen molar-refractivity contribution in [3.8, 4) is 5.75 Å². The van der Waals surface area contributed by atoms with Gasteiger partial charge in [0.05, 0.1) is 0 Å². The molecular formula is C16H15Cl2NO2. The Kier molecular flexibility index (Phi) is 5.48. The first-order chi connectivity index (χ1) is 10.1. The van der Waals surface area contributed by atoms with Crippen molar-refractivity contribution >= 4 is 29.1 Å². The van der Waals surface area contributed by atoms with E-state index in [2.05, 4.69) is 5.32 Å². The van der Waals surface area contributed by atoms with Crippen molar-refractivity contribution in [2.75, 3.05) is 6.54 Å². The highest BCUT2D eigenvalue weighted by atomic mass is 35.5. The summed E-state index contributed by atoms with van der Waals surface area (Å²) in [5.41, 5.74) is 1.40. The van der Waals surface area contributed by atoms with Crippen LogP contribution in [0.1, 0.15) is 22.8 Å². The number of rotatable bonds is 5. The van der Waals surface area contributed by atoms with Gasteiger partial charge >= 0.3 is 0 Å². The molecule has 110 valence electrons. The summed E-state index contributed by atoms with van der Waals surface area (Å²) in [5, 5.41) is 3.89. The van der Waals surface area contributed by atoms with Crippen molar-refractivity contribution in [1.82, 2.24) is 5.32 Å². The van der Waals surface area contributed by atoms with Gasteiger partial charge in [-0.2, -0.15) is 0 Å². The molecule has 2 rings (SSSR count). The highest BCUT2D eigenvalue weighted by Gasteiger charge is 2.06. The van der Waals surface area contributed by atoms with Crippen LogP contribution in [0.5, 0.6) is 5.75 Å². The Hall–Kier alpha value is -1.71. The lowest BCUT2D eigenvalue weighted by molar-refractivity contribution is 0.0955. The fourth-order valence-electron chi connectivity index (χ4n) is 1.79. The zero-order chi connectivity index (χ0) is 15.2. The molecule has 0 fully saturated rings. The topological polar surface area (TPSA) is 38.3 Å². The lowest BCUT2D eigenvalue weighted by Gasteiger charge is -2.09. The number of carbonyl (C=O) groups is 1. The Morgan fingerprint density at radius 3 is 2.71 bits per heavy atom. The molecule has 1 amide bonds. The Bertz CT molecular complexity index is 644. The molecule has 21 heavy (non-hydrogen) atoms. The van der Waals surface area contributed by atoms with E-state index in [0.29, 0.717) is 34.5 Å². The van der Waals surface area contributed by atoms with Crippen molar-refractivity contribution in [2.24, 2.45) is 0 Å². The second-order valence-corrected chi connectivity index (χ2v) is 5.26. The van der Waals surface area contributed by atoms with Crippen LogP contribution >= 0.6 is 23.2 Å². The predicted molar refractivity (Wildman–Crippen MR) is 85.2 cm³/mol. The van der Waals surface area contributed by atoms with Crippen LogP contribution < -0.4 is 10.1 Å². The molecule has 0 saturated heterocycles. The summed E-state index contributed by atoms with van der Waals surface area (Å²) in [5.74, 6) is 0.497. The normalized spacial score (nSPS) is 10.2. The number of benzene rings is 2. The highest BCUT2D eigenvalue weighted by molar-refractivity contribution is 6.35. The van der Waals surface area contributed by atoms with E-state index < -0.39 is 0 Å². The maximum Gasteiger partial charge on any atom is 0.251 e. The largest absolute Gasteiger partial charge is 0.489 e. The molecule has 0 aliphatic heterocycles. The number of nitrogens with one attached hydrogen (secondary N) is 1. The monoisotopic (exact) mass is 323 g/mol. The molecule has 1 N–H and O–H groups in total. The molecule has 0 aliphatic carbocycles. The molecule has 0 spiro atoms. The third-order valence-electron chi connectivity index (χ3n) is 2.84. The zero-order valence-corrected chi connectivity index (χ0v) is 13.0. The van der Waals surface area contributed by atoms with Gasteiger partial charge in [-0.15, -0.1) is 0 Å². The third-order valence-corrected chi connectivity index (χ3v) is 3.43. The molecule has 2 aromatic carbocycles. The number of hydrogen-bond donors (Lipinski definition) is 1. The van der Waals surface area contributed by atoms with E-state index >= 15 is 0 Å². The lowest BCUT2D eigenvalue weighted by Crippen LogP contribution is -2.22. The maximum atomic E-state index is 11.8. The van der Waals surface area contributed by atoms with Crippen LogP contribution in [0.25, 0.3) is 0 Å². The first-order valence-electron chi connectivity index (χ1n) is 6.55. The molecule has 0 radical (unpaired) electrons. The minimum absolute atomic E-state index is 0.118.